The van der Waals surface area contributed by atoms with Crippen molar-refractivity contribution >= 4 is 17.0 Å². The lowest BCUT2D eigenvalue weighted by Gasteiger charge is -2.35. The lowest BCUT2D eigenvalue weighted by Crippen LogP contribution is -2.41. The Morgan fingerprint density at radius 3 is 2.41 bits per heavy atom. The summed E-state index contributed by atoms with van der Waals surface area (Å²) in [6.45, 7) is 5.52. The van der Waals surface area contributed by atoms with Crippen molar-refractivity contribution in [1.29, 1.82) is 0 Å². The highest BCUT2D eigenvalue weighted by Gasteiger charge is 2.28. The van der Waals surface area contributed by atoms with Crippen LogP contribution in [-0.2, 0) is 0 Å². The molecule has 0 radical (unpaired) electrons. The van der Waals surface area contributed by atoms with Crippen LogP contribution in [0.15, 0.2) is 4.79 Å². The number of hydrogen-bond donors (Lipinski definition) is 2. The summed E-state index contributed by atoms with van der Waals surface area (Å²) in [5.41, 5.74) is 7.16. The minimum Gasteiger partial charge on any atom is -0.460 e. The van der Waals surface area contributed by atoms with Gasteiger partial charge in [0.25, 0.3) is 0 Å². The molecule has 0 amide bonds. The Labute approximate surface area is 189 Å². The fraction of sp³-hybridized carbons (Fsp3) is 0.783. The summed E-state index contributed by atoms with van der Waals surface area (Å²) in [7, 11) is 0. The van der Waals surface area contributed by atoms with Gasteiger partial charge in [0.05, 0.1) is 6.17 Å². The van der Waals surface area contributed by atoms with E-state index in [9.17, 15) is 4.79 Å². The number of aromatic amines is 1. The maximum absolute atomic E-state index is 13.1. The summed E-state index contributed by atoms with van der Waals surface area (Å²) in [5.74, 6) is 0.283. The molecule has 0 aromatic carbocycles. The smallest absolute Gasteiger partial charge is 0.329 e. The number of imidazole rings is 1. The number of H-pyrrole nitrogens is 1. The molecule has 2 aromatic heterocycles. The Kier molecular flexibility index (Phi) is 6.64. The maximum atomic E-state index is 13.1. The largest absolute Gasteiger partial charge is 0.460 e. The van der Waals surface area contributed by atoms with Gasteiger partial charge in [-0.2, -0.15) is 9.97 Å². The fourth-order valence-electron chi connectivity index (χ4n) is 5.34. The molecule has 1 atom stereocenters. The zero-order chi connectivity index (χ0) is 21.9. The molecule has 2 aliphatic heterocycles. The Morgan fingerprint density at radius 2 is 1.72 bits per heavy atom. The lowest BCUT2D eigenvalue weighted by molar-refractivity contribution is 0.0975. The van der Waals surface area contributed by atoms with Gasteiger partial charge in [-0.3, -0.25) is 9.47 Å². The van der Waals surface area contributed by atoms with Gasteiger partial charge in [-0.1, -0.05) is 12.8 Å². The number of anilines is 1. The van der Waals surface area contributed by atoms with E-state index >= 15 is 0 Å². The van der Waals surface area contributed by atoms with Crippen molar-refractivity contribution in [2.75, 3.05) is 38.5 Å². The van der Waals surface area contributed by atoms with Crippen LogP contribution in [0.25, 0.3) is 11.2 Å². The summed E-state index contributed by atoms with van der Waals surface area (Å²) in [6, 6.07) is 0.290. The number of ether oxygens (including phenoxy) is 1. The van der Waals surface area contributed by atoms with Gasteiger partial charge in [0, 0.05) is 13.1 Å². The molecule has 1 unspecified atom stereocenters. The van der Waals surface area contributed by atoms with E-state index in [0.717, 1.165) is 45.3 Å². The molecule has 1 aliphatic carbocycles. The molecule has 2 saturated heterocycles. The number of likely N-dealkylation sites (tertiary alicyclic amines) is 2. The second kappa shape index (κ2) is 9.79. The van der Waals surface area contributed by atoms with Gasteiger partial charge in [0.15, 0.2) is 11.5 Å². The number of piperidine rings is 2. The molecular formula is C23H37N7O2. The first-order valence-electron chi connectivity index (χ1n) is 12.6. The highest BCUT2D eigenvalue weighted by Crippen LogP contribution is 2.29. The molecule has 2 aromatic rings. The van der Waals surface area contributed by atoms with Crippen LogP contribution >= 0.6 is 0 Å². The van der Waals surface area contributed by atoms with Crippen molar-refractivity contribution in [2.24, 2.45) is 0 Å². The molecular weight excluding hydrogens is 406 g/mol. The maximum Gasteiger partial charge on any atom is 0.329 e. The molecule has 5 rings (SSSR count). The third kappa shape index (κ3) is 4.64. The lowest BCUT2D eigenvalue weighted by atomic mass is 9.96. The SMILES string of the molecule is Nc1nc(OC2CCC2)nc2c1[nH]c(=O)n2C(CCCN1CCCCC1)N1CCCCC1. The first-order valence-corrected chi connectivity index (χ1v) is 12.6. The van der Waals surface area contributed by atoms with Gasteiger partial charge in [-0.05, 0) is 77.4 Å². The Hall–Kier alpha value is -2.13. The average molecular weight is 444 g/mol. The molecule has 0 bridgehead atoms. The zero-order valence-corrected chi connectivity index (χ0v) is 19.1. The number of nitrogens with one attached hydrogen (secondary N) is 1. The third-order valence-electron chi connectivity index (χ3n) is 7.40. The van der Waals surface area contributed by atoms with Crippen molar-refractivity contribution in [3.05, 3.63) is 10.5 Å². The predicted molar refractivity (Wildman–Crippen MR) is 125 cm³/mol. The van der Waals surface area contributed by atoms with Crippen LogP contribution in [0.5, 0.6) is 6.01 Å². The normalized spacial score (nSPS) is 22.1. The van der Waals surface area contributed by atoms with Crippen LogP contribution in [0.3, 0.4) is 0 Å². The molecule has 4 heterocycles. The second-order valence-corrected chi connectivity index (χ2v) is 9.68. The molecule has 3 fully saturated rings. The number of rotatable bonds is 8. The second-order valence-electron chi connectivity index (χ2n) is 9.68. The van der Waals surface area contributed by atoms with Crippen LogP contribution in [0.4, 0.5) is 5.82 Å². The number of nitrogen functional groups attached to an aromatic ring is 1. The minimum atomic E-state index is -0.157. The molecule has 1 saturated carbocycles. The van der Waals surface area contributed by atoms with E-state index in [1.54, 1.807) is 0 Å². The van der Waals surface area contributed by atoms with E-state index in [4.69, 9.17) is 10.5 Å². The average Bonchev–Trinajstić information content (AvgIpc) is 3.12. The van der Waals surface area contributed by atoms with Crippen molar-refractivity contribution in [1.82, 2.24) is 29.3 Å². The molecule has 3 aliphatic rings. The van der Waals surface area contributed by atoms with Crippen LogP contribution in [0, 0.1) is 0 Å². The number of aromatic nitrogens is 4. The van der Waals surface area contributed by atoms with Crippen molar-refractivity contribution in [3.63, 3.8) is 0 Å². The van der Waals surface area contributed by atoms with E-state index in [0.29, 0.717) is 11.2 Å². The number of fused-ring (bicyclic) bond motifs is 1. The van der Waals surface area contributed by atoms with Gasteiger partial charge < -0.3 is 20.4 Å². The molecule has 0 spiro atoms. The van der Waals surface area contributed by atoms with Crippen LogP contribution < -0.4 is 16.2 Å². The van der Waals surface area contributed by atoms with Crippen molar-refractivity contribution < 1.29 is 4.74 Å². The zero-order valence-electron chi connectivity index (χ0n) is 19.1. The van der Waals surface area contributed by atoms with E-state index in [-0.39, 0.29) is 29.8 Å². The number of nitrogens with zero attached hydrogens (tertiary/aromatic N) is 5. The molecule has 9 heteroatoms. The Balaban J connectivity index is 1.42. The Bertz CT molecular complexity index is 955. The molecule has 3 N–H and O–H groups in total. The van der Waals surface area contributed by atoms with Gasteiger partial charge in [-0.15, -0.1) is 0 Å². The standard InChI is InChI=1S/C23H37N7O2/c24-20-19-21(27-22(26-20)32-17-9-7-10-17)30(23(31)25-19)18(29-15-5-2-6-16-29)11-8-14-28-12-3-1-4-13-28/h17-18H,1-16H2,(H,25,31)(H2,24,26,27). The van der Waals surface area contributed by atoms with Gasteiger partial charge in [-0.25, -0.2) is 4.79 Å². The summed E-state index contributed by atoms with van der Waals surface area (Å²) in [5, 5.41) is 0. The van der Waals surface area contributed by atoms with E-state index in [1.807, 2.05) is 4.57 Å². The number of hydrogen-bond acceptors (Lipinski definition) is 7. The van der Waals surface area contributed by atoms with Crippen LogP contribution in [-0.4, -0.2) is 68.1 Å². The van der Waals surface area contributed by atoms with E-state index in [2.05, 4.69) is 24.8 Å². The predicted octanol–water partition coefficient (Wildman–Crippen LogP) is 2.88. The van der Waals surface area contributed by atoms with E-state index in [1.165, 1.54) is 58.0 Å². The quantitative estimate of drug-likeness (QED) is 0.646. The van der Waals surface area contributed by atoms with Gasteiger partial charge >= 0.3 is 11.7 Å². The fourth-order valence-corrected chi connectivity index (χ4v) is 5.34. The van der Waals surface area contributed by atoms with E-state index < -0.39 is 0 Å². The van der Waals surface area contributed by atoms with Crippen molar-refractivity contribution in [3.8, 4) is 6.01 Å². The molecule has 9 nitrogen and oxygen atoms in total. The van der Waals surface area contributed by atoms with Gasteiger partial charge in [0.2, 0.25) is 0 Å². The monoisotopic (exact) mass is 443 g/mol. The highest BCUT2D eigenvalue weighted by atomic mass is 16.5. The summed E-state index contributed by atoms with van der Waals surface area (Å²) in [6.07, 6.45) is 12.9. The van der Waals surface area contributed by atoms with Crippen LogP contribution in [0.2, 0.25) is 0 Å². The first kappa shape index (κ1) is 21.7. The Morgan fingerprint density at radius 1 is 1.00 bits per heavy atom. The summed E-state index contributed by atoms with van der Waals surface area (Å²) >= 11 is 0. The summed E-state index contributed by atoms with van der Waals surface area (Å²) in [4.78, 5) is 30.1. The molecule has 176 valence electrons. The highest BCUT2D eigenvalue weighted by molar-refractivity contribution is 5.82. The van der Waals surface area contributed by atoms with Crippen molar-refractivity contribution in [2.45, 2.75) is 82.9 Å². The van der Waals surface area contributed by atoms with Gasteiger partial charge in [0.1, 0.15) is 11.6 Å². The topological polar surface area (TPSA) is 105 Å². The van der Waals surface area contributed by atoms with Crippen LogP contribution in [0.1, 0.15) is 76.8 Å². The first-order chi connectivity index (χ1) is 15.7. The summed E-state index contributed by atoms with van der Waals surface area (Å²) < 4.78 is 7.76. The third-order valence-corrected chi connectivity index (χ3v) is 7.40. The minimum absolute atomic E-state index is 0.0211. The molecule has 32 heavy (non-hydrogen) atoms. The number of nitrogens with two attached hydrogens (primary N) is 1.